The summed E-state index contributed by atoms with van der Waals surface area (Å²) in [5.41, 5.74) is 0.377. The lowest BCUT2D eigenvalue weighted by Crippen LogP contribution is -2.20. The second-order valence-electron chi connectivity index (χ2n) is 4.24. The van der Waals surface area contributed by atoms with Gasteiger partial charge >= 0.3 is 0 Å². The fourth-order valence-electron chi connectivity index (χ4n) is 2.69. The molecule has 2 heterocycles. The molecule has 0 spiro atoms. The van der Waals surface area contributed by atoms with Crippen molar-refractivity contribution in [3.63, 3.8) is 0 Å². The van der Waals surface area contributed by atoms with Gasteiger partial charge in [0.1, 0.15) is 0 Å². The van der Waals surface area contributed by atoms with Crippen molar-refractivity contribution >= 4 is 22.7 Å². The summed E-state index contributed by atoms with van der Waals surface area (Å²) in [7, 11) is 0. The van der Waals surface area contributed by atoms with E-state index in [9.17, 15) is 0 Å². The molecule has 1 fully saturated rings. The Morgan fingerprint density at radius 2 is 1.40 bits per heavy atom. The first kappa shape index (κ1) is 9.61. The van der Waals surface area contributed by atoms with Gasteiger partial charge in [-0.1, -0.05) is 25.0 Å². The van der Waals surface area contributed by atoms with Gasteiger partial charge in [0, 0.05) is 15.2 Å². The minimum Gasteiger partial charge on any atom is -0.148 e. The highest BCUT2D eigenvalue weighted by molar-refractivity contribution is 7.11. The van der Waals surface area contributed by atoms with Crippen LogP contribution in [0.15, 0.2) is 35.0 Å². The van der Waals surface area contributed by atoms with Gasteiger partial charge in [0.2, 0.25) is 0 Å². The zero-order chi connectivity index (χ0) is 10.1. The Labute approximate surface area is 98.6 Å². The Kier molecular flexibility index (Phi) is 2.41. The maximum Gasteiger partial charge on any atom is 0.0390 e. The highest BCUT2D eigenvalue weighted by atomic mass is 32.1. The Balaban J connectivity index is 2.10. The highest BCUT2D eigenvalue weighted by Gasteiger charge is 2.38. The molecule has 0 unspecified atom stereocenters. The molecule has 0 amide bonds. The molecule has 0 radical (unpaired) electrons. The summed E-state index contributed by atoms with van der Waals surface area (Å²) >= 11 is 3.85. The molecule has 0 bridgehead atoms. The Morgan fingerprint density at radius 1 is 0.867 bits per heavy atom. The minimum absolute atomic E-state index is 0.377. The first-order chi connectivity index (χ1) is 7.42. The summed E-state index contributed by atoms with van der Waals surface area (Å²) in [6.07, 6.45) is 5.45. The molecule has 1 aliphatic rings. The average molecular weight is 234 g/mol. The van der Waals surface area contributed by atoms with Crippen molar-refractivity contribution in [2.75, 3.05) is 0 Å². The first-order valence-electron chi connectivity index (χ1n) is 5.50. The van der Waals surface area contributed by atoms with Crippen LogP contribution >= 0.6 is 22.7 Å². The molecule has 2 aromatic rings. The second kappa shape index (κ2) is 3.76. The second-order valence-corrected chi connectivity index (χ2v) is 6.14. The van der Waals surface area contributed by atoms with E-state index in [1.54, 1.807) is 9.75 Å². The van der Waals surface area contributed by atoms with Crippen LogP contribution in [0.5, 0.6) is 0 Å². The van der Waals surface area contributed by atoms with Gasteiger partial charge in [-0.25, -0.2) is 0 Å². The van der Waals surface area contributed by atoms with Crippen LogP contribution in [-0.4, -0.2) is 0 Å². The highest BCUT2D eigenvalue weighted by Crippen LogP contribution is 2.49. The first-order valence-corrected chi connectivity index (χ1v) is 7.26. The zero-order valence-corrected chi connectivity index (χ0v) is 10.2. The lowest BCUT2D eigenvalue weighted by molar-refractivity contribution is 0.558. The number of rotatable bonds is 2. The van der Waals surface area contributed by atoms with E-state index in [2.05, 4.69) is 35.0 Å². The van der Waals surface area contributed by atoms with Crippen molar-refractivity contribution in [2.24, 2.45) is 0 Å². The van der Waals surface area contributed by atoms with E-state index in [4.69, 9.17) is 0 Å². The van der Waals surface area contributed by atoms with E-state index in [0.29, 0.717) is 5.41 Å². The number of thiophene rings is 2. The molecule has 0 aliphatic heterocycles. The molecule has 0 N–H and O–H groups in total. The third-order valence-electron chi connectivity index (χ3n) is 3.44. The molecule has 3 rings (SSSR count). The molecule has 2 heteroatoms. The SMILES string of the molecule is c1csc(C2(c3cccs3)CCCC2)c1. The average Bonchev–Trinajstić information content (AvgIpc) is 3.02. The predicted molar refractivity (Wildman–Crippen MR) is 67.9 cm³/mol. The Bertz CT molecular complexity index is 369. The molecule has 2 aromatic heterocycles. The standard InChI is InChI=1S/C13H14S2/c1-2-8-13(7-1,11-5-3-9-14-11)12-6-4-10-15-12/h3-6,9-10H,1-2,7-8H2. The molecule has 0 atom stereocenters. The monoisotopic (exact) mass is 234 g/mol. The molecule has 1 saturated carbocycles. The van der Waals surface area contributed by atoms with Crippen molar-refractivity contribution in [2.45, 2.75) is 31.1 Å². The Hall–Kier alpha value is -0.600. The number of hydrogen-bond donors (Lipinski definition) is 0. The maximum atomic E-state index is 2.32. The lowest BCUT2D eigenvalue weighted by Gasteiger charge is -2.26. The third-order valence-corrected chi connectivity index (χ3v) is 5.59. The molecule has 1 aliphatic carbocycles. The summed E-state index contributed by atoms with van der Waals surface area (Å²) in [6, 6.07) is 9.01. The van der Waals surface area contributed by atoms with Crippen molar-refractivity contribution in [3.05, 3.63) is 44.8 Å². The fourth-order valence-corrected chi connectivity index (χ4v) is 4.76. The van der Waals surface area contributed by atoms with Gasteiger partial charge in [-0.05, 0) is 35.7 Å². The van der Waals surface area contributed by atoms with E-state index in [1.807, 2.05) is 22.7 Å². The van der Waals surface area contributed by atoms with Crippen molar-refractivity contribution < 1.29 is 0 Å². The quantitative estimate of drug-likeness (QED) is 0.708. The van der Waals surface area contributed by atoms with Crippen LogP contribution in [0.25, 0.3) is 0 Å². The summed E-state index contributed by atoms with van der Waals surface area (Å²) in [5.74, 6) is 0. The molecule has 78 valence electrons. The van der Waals surface area contributed by atoms with Gasteiger partial charge in [0.15, 0.2) is 0 Å². The van der Waals surface area contributed by atoms with Gasteiger partial charge in [0.05, 0.1) is 0 Å². The number of hydrogen-bond acceptors (Lipinski definition) is 2. The maximum absolute atomic E-state index is 2.32. The lowest BCUT2D eigenvalue weighted by atomic mass is 9.83. The molecule has 15 heavy (non-hydrogen) atoms. The van der Waals surface area contributed by atoms with E-state index < -0.39 is 0 Å². The predicted octanol–water partition coefficient (Wildman–Crippen LogP) is 4.67. The van der Waals surface area contributed by atoms with Crippen LogP contribution in [0, 0.1) is 0 Å². The van der Waals surface area contributed by atoms with Crippen LogP contribution < -0.4 is 0 Å². The van der Waals surface area contributed by atoms with Crippen molar-refractivity contribution in [1.29, 1.82) is 0 Å². The minimum atomic E-state index is 0.377. The largest absolute Gasteiger partial charge is 0.148 e. The van der Waals surface area contributed by atoms with E-state index in [0.717, 1.165) is 0 Å². The normalized spacial score (nSPS) is 19.5. The summed E-state index contributed by atoms with van der Waals surface area (Å²) in [5, 5.41) is 4.42. The fraction of sp³-hybridized carbons (Fsp3) is 0.385. The third kappa shape index (κ3) is 1.47. The van der Waals surface area contributed by atoms with Crippen LogP contribution in [0.1, 0.15) is 35.4 Å². The van der Waals surface area contributed by atoms with Crippen molar-refractivity contribution in [3.8, 4) is 0 Å². The molecular weight excluding hydrogens is 220 g/mol. The van der Waals surface area contributed by atoms with Crippen LogP contribution in [-0.2, 0) is 5.41 Å². The molecule has 0 saturated heterocycles. The van der Waals surface area contributed by atoms with Crippen molar-refractivity contribution in [1.82, 2.24) is 0 Å². The van der Waals surface area contributed by atoms with Gasteiger partial charge < -0.3 is 0 Å². The smallest absolute Gasteiger partial charge is 0.0390 e. The van der Waals surface area contributed by atoms with E-state index in [-0.39, 0.29) is 0 Å². The van der Waals surface area contributed by atoms with Gasteiger partial charge in [-0.3, -0.25) is 0 Å². The van der Waals surface area contributed by atoms with E-state index >= 15 is 0 Å². The van der Waals surface area contributed by atoms with Gasteiger partial charge in [0.25, 0.3) is 0 Å². The summed E-state index contributed by atoms with van der Waals surface area (Å²) < 4.78 is 0. The molecule has 0 nitrogen and oxygen atoms in total. The van der Waals surface area contributed by atoms with Gasteiger partial charge in [-0.15, -0.1) is 22.7 Å². The summed E-state index contributed by atoms with van der Waals surface area (Å²) in [6.45, 7) is 0. The zero-order valence-electron chi connectivity index (χ0n) is 8.61. The molecule has 0 aromatic carbocycles. The van der Waals surface area contributed by atoms with E-state index in [1.165, 1.54) is 25.7 Å². The van der Waals surface area contributed by atoms with Crippen LogP contribution in [0.4, 0.5) is 0 Å². The van der Waals surface area contributed by atoms with Gasteiger partial charge in [-0.2, -0.15) is 0 Å². The molecular formula is C13H14S2. The van der Waals surface area contributed by atoms with Crippen LogP contribution in [0.2, 0.25) is 0 Å². The Morgan fingerprint density at radius 3 is 1.80 bits per heavy atom. The topological polar surface area (TPSA) is 0 Å². The summed E-state index contributed by atoms with van der Waals surface area (Å²) in [4.78, 5) is 3.14. The van der Waals surface area contributed by atoms with Crippen LogP contribution in [0.3, 0.4) is 0 Å².